The van der Waals surface area contributed by atoms with Crippen LogP contribution in [-0.4, -0.2) is 35.5 Å². The third kappa shape index (κ3) is 3.93. The first kappa shape index (κ1) is 17.9. The van der Waals surface area contributed by atoms with E-state index in [2.05, 4.69) is 45.3 Å². The Hall–Kier alpha value is -2.53. The molecule has 0 saturated heterocycles. The van der Waals surface area contributed by atoms with E-state index in [1.165, 1.54) is 22.1 Å². The number of H-pyrrole nitrogens is 1. The topological polar surface area (TPSA) is 45.3 Å². The van der Waals surface area contributed by atoms with Gasteiger partial charge < -0.3 is 14.6 Å². The van der Waals surface area contributed by atoms with Crippen molar-refractivity contribution in [3.05, 3.63) is 70.3 Å². The number of nitrogens with zero attached hydrogens (tertiary/aromatic N) is 1. The smallest absolute Gasteiger partial charge is 0.260 e. The molecule has 1 aliphatic rings. The van der Waals surface area contributed by atoms with Crippen LogP contribution in [0.5, 0.6) is 5.75 Å². The highest BCUT2D eigenvalue weighted by Crippen LogP contribution is 2.31. The van der Waals surface area contributed by atoms with E-state index >= 15 is 0 Å². The standard InChI is InChI=1S/C22H21BrN2O2/c1-15-2-5-18(6-3-15)27-14-22(26)25-10-8-16(9-11-25)20-13-24-21-7-4-17(23)12-19(20)21/h2-8,12-13,24H,9-11,14H2,1H3. The molecule has 0 fully saturated rings. The van der Waals surface area contributed by atoms with Gasteiger partial charge in [0.05, 0.1) is 0 Å². The predicted molar refractivity (Wildman–Crippen MR) is 112 cm³/mol. The van der Waals surface area contributed by atoms with Crippen molar-refractivity contribution in [2.24, 2.45) is 0 Å². The lowest BCUT2D eigenvalue weighted by molar-refractivity contribution is -0.132. The lowest BCUT2D eigenvalue weighted by atomic mass is 9.99. The van der Waals surface area contributed by atoms with Crippen LogP contribution in [0.2, 0.25) is 0 Å². The SMILES string of the molecule is Cc1ccc(OCC(=O)N2CC=C(c3c[nH]c4ccc(Br)cc34)CC2)cc1. The average Bonchev–Trinajstić information content (AvgIpc) is 3.10. The Balaban J connectivity index is 1.41. The van der Waals surface area contributed by atoms with Crippen molar-refractivity contribution in [2.45, 2.75) is 13.3 Å². The number of aromatic nitrogens is 1. The molecule has 0 atom stereocenters. The number of halogens is 1. The number of carbonyl (C=O) groups is 1. The highest BCUT2D eigenvalue weighted by Gasteiger charge is 2.20. The number of hydrogen-bond donors (Lipinski definition) is 1. The molecule has 3 aromatic rings. The number of carbonyl (C=O) groups excluding carboxylic acids is 1. The van der Waals surface area contributed by atoms with Gasteiger partial charge in [-0.25, -0.2) is 0 Å². The number of aromatic amines is 1. The lowest BCUT2D eigenvalue weighted by Gasteiger charge is -2.26. The van der Waals surface area contributed by atoms with E-state index in [-0.39, 0.29) is 12.5 Å². The van der Waals surface area contributed by atoms with Crippen LogP contribution in [0.3, 0.4) is 0 Å². The number of amides is 1. The van der Waals surface area contributed by atoms with E-state index in [1.54, 1.807) is 0 Å². The first-order valence-electron chi connectivity index (χ1n) is 9.03. The predicted octanol–water partition coefficient (Wildman–Crippen LogP) is 4.93. The summed E-state index contributed by atoms with van der Waals surface area (Å²) in [4.78, 5) is 17.6. The van der Waals surface area contributed by atoms with Gasteiger partial charge in [-0.3, -0.25) is 4.79 Å². The van der Waals surface area contributed by atoms with Crippen molar-refractivity contribution in [3.63, 3.8) is 0 Å². The minimum absolute atomic E-state index is 0.0209. The Morgan fingerprint density at radius 1 is 1.22 bits per heavy atom. The van der Waals surface area contributed by atoms with Gasteiger partial charge in [-0.05, 0) is 49.2 Å². The highest BCUT2D eigenvalue weighted by atomic mass is 79.9. The van der Waals surface area contributed by atoms with Gasteiger partial charge in [0, 0.05) is 40.2 Å². The molecule has 1 N–H and O–H groups in total. The van der Waals surface area contributed by atoms with E-state index in [0.29, 0.717) is 13.1 Å². The summed E-state index contributed by atoms with van der Waals surface area (Å²) < 4.78 is 6.69. The maximum atomic E-state index is 12.4. The molecule has 1 aliphatic heterocycles. The molecule has 138 valence electrons. The van der Waals surface area contributed by atoms with Crippen molar-refractivity contribution in [2.75, 3.05) is 19.7 Å². The molecular weight excluding hydrogens is 404 g/mol. The summed E-state index contributed by atoms with van der Waals surface area (Å²) in [6.07, 6.45) is 5.05. The van der Waals surface area contributed by atoms with E-state index in [0.717, 1.165) is 22.2 Å². The van der Waals surface area contributed by atoms with Crippen molar-refractivity contribution in [1.82, 2.24) is 9.88 Å². The molecule has 4 nitrogen and oxygen atoms in total. The minimum atomic E-state index is 0.0209. The van der Waals surface area contributed by atoms with Crippen LogP contribution in [0.25, 0.3) is 16.5 Å². The van der Waals surface area contributed by atoms with Crippen LogP contribution < -0.4 is 4.74 Å². The van der Waals surface area contributed by atoms with Crippen molar-refractivity contribution >= 4 is 38.3 Å². The number of rotatable bonds is 4. The van der Waals surface area contributed by atoms with Gasteiger partial charge in [-0.2, -0.15) is 0 Å². The maximum Gasteiger partial charge on any atom is 0.260 e. The fourth-order valence-corrected chi connectivity index (χ4v) is 3.73. The van der Waals surface area contributed by atoms with Gasteiger partial charge in [0.1, 0.15) is 5.75 Å². The van der Waals surface area contributed by atoms with Crippen LogP contribution in [0, 0.1) is 6.92 Å². The Kier molecular flexibility index (Phi) is 5.03. The second-order valence-electron chi connectivity index (χ2n) is 6.81. The Morgan fingerprint density at radius 2 is 2.04 bits per heavy atom. The molecule has 27 heavy (non-hydrogen) atoms. The summed E-state index contributed by atoms with van der Waals surface area (Å²) in [7, 11) is 0. The first-order chi connectivity index (χ1) is 13.1. The molecule has 1 aromatic heterocycles. The molecule has 0 bridgehead atoms. The van der Waals surface area contributed by atoms with Crippen LogP contribution in [-0.2, 0) is 4.79 Å². The van der Waals surface area contributed by atoms with Crippen molar-refractivity contribution < 1.29 is 9.53 Å². The molecule has 2 heterocycles. The van der Waals surface area contributed by atoms with Crippen LogP contribution in [0.1, 0.15) is 17.5 Å². The molecule has 5 heteroatoms. The van der Waals surface area contributed by atoms with Crippen LogP contribution >= 0.6 is 15.9 Å². The summed E-state index contributed by atoms with van der Waals surface area (Å²) in [5.74, 6) is 0.749. The van der Waals surface area contributed by atoms with Gasteiger partial charge in [0.25, 0.3) is 5.91 Å². The number of hydrogen-bond acceptors (Lipinski definition) is 2. The normalized spacial score (nSPS) is 14.3. The van der Waals surface area contributed by atoms with Gasteiger partial charge in [-0.1, -0.05) is 39.7 Å². The molecule has 0 radical (unpaired) electrons. The second-order valence-corrected chi connectivity index (χ2v) is 7.73. The Bertz CT molecular complexity index is 1000. The Morgan fingerprint density at radius 3 is 2.78 bits per heavy atom. The second kappa shape index (κ2) is 7.61. The zero-order valence-electron chi connectivity index (χ0n) is 15.2. The molecular formula is C22H21BrN2O2. The zero-order valence-corrected chi connectivity index (χ0v) is 16.8. The summed E-state index contributed by atoms with van der Waals surface area (Å²) in [6.45, 7) is 3.43. The third-order valence-electron chi connectivity index (χ3n) is 4.93. The number of ether oxygens (including phenoxy) is 1. The molecule has 0 saturated carbocycles. The number of fused-ring (bicyclic) bond motifs is 1. The molecule has 2 aromatic carbocycles. The number of benzene rings is 2. The summed E-state index contributed by atoms with van der Waals surface area (Å²) in [5, 5.41) is 1.21. The summed E-state index contributed by atoms with van der Waals surface area (Å²) >= 11 is 3.54. The lowest BCUT2D eigenvalue weighted by Crippen LogP contribution is -2.37. The largest absolute Gasteiger partial charge is 0.484 e. The van der Waals surface area contributed by atoms with Gasteiger partial charge in [0.2, 0.25) is 0 Å². The average molecular weight is 425 g/mol. The zero-order chi connectivity index (χ0) is 18.8. The van der Waals surface area contributed by atoms with Crippen molar-refractivity contribution in [1.29, 1.82) is 0 Å². The highest BCUT2D eigenvalue weighted by molar-refractivity contribution is 9.10. The van der Waals surface area contributed by atoms with Gasteiger partial charge >= 0.3 is 0 Å². The fraction of sp³-hybridized carbons (Fsp3) is 0.227. The van der Waals surface area contributed by atoms with E-state index < -0.39 is 0 Å². The monoisotopic (exact) mass is 424 g/mol. The van der Waals surface area contributed by atoms with Crippen LogP contribution in [0.4, 0.5) is 0 Å². The van der Waals surface area contributed by atoms with Crippen molar-refractivity contribution in [3.8, 4) is 5.75 Å². The minimum Gasteiger partial charge on any atom is -0.484 e. The van der Waals surface area contributed by atoms with E-state index in [9.17, 15) is 4.79 Å². The molecule has 4 rings (SSSR count). The number of nitrogens with one attached hydrogen (secondary N) is 1. The fourth-order valence-electron chi connectivity index (χ4n) is 3.37. The number of aryl methyl sites for hydroxylation is 1. The molecule has 0 spiro atoms. The first-order valence-corrected chi connectivity index (χ1v) is 9.83. The molecule has 0 aliphatic carbocycles. The maximum absolute atomic E-state index is 12.4. The third-order valence-corrected chi connectivity index (χ3v) is 5.43. The molecule has 0 unspecified atom stereocenters. The van der Waals surface area contributed by atoms with E-state index in [1.807, 2.05) is 42.2 Å². The Labute approximate surface area is 167 Å². The van der Waals surface area contributed by atoms with Gasteiger partial charge in [0.15, 0.2) is 6.61 Å². The van der Waals surface area contributed by atoms with E-state index in [4.69, 9.17) is 4.74 Å². The summed E-state index contributed by atoms with van der Waals surface area (Å²) in [5.41, 5.74) is 4.79. The molecule has 1 amide bonds. The van der Waals surface area contributed by atoms with Gasteiger partial charge in [-0.15, -0.1) is 0 Å². The quantitative estimate of drug-likeness (QED) is 0.644. The summed E-state index contributed by atoms with van der Waals surface area (Å²) in [6, 6.07) is 14.0. The van der Waals surface area contributed by atoms with Crippen LogP contribution in [0.15, 0.2) is 59.2 Å².